The molecule has 122 valence electrons. The molecule has 1 amide bonds. The monoisotopic (exact) mass is 313 g/mol. The van der Waals surface area contributed by atoms with E-state index in [1.807, 2.05) is 63.2 Å². The van der Waals surface area contributed by atoms with Gasteiger partial charge >= 0.3 is 0 Å². The standard InChI is InChI=1S/C19H23NO3/c1-5-22-18-9-7-6-8-17(18)20-19(21)15(4)23-16-11-10-13(2)14(3)12-16/h6-12,15H,5H2,1-4H3,(H,20,21)/t15-/m1/s1. The fourth-order valence-electron chi connectivity index (χ4n) is 2.13. The largest absolute Gasteiger partial charge is 0.492 e. The Balaban J connectivity index is 2.04. The van der Waals surface area contributed by atoms with E-state index in [0.29, 0.717) is 23.8 Å². The highest BCUT2D eigenvalue weighted by Crippen LogP contribution is 2.24. The van der Waals surface area contributed by atoms with E-state index in [-0.39, 0.29) is 5.91 Å². The summed E-state index contributed by atoms with van der Waals surface area (Å²) in [5.74, 6) is 1.13. The Morgan fingerprint density at radius 2 is 1.87 bits per heavy atom. The number of benzene rings is 2. The van der Waals surface area contributed by atoms with E-state index < -0.39 is 6.10 Å². The number of carbonyl (C=O) groups excluding carboxylic acids is 1. The molecule has 0 fully saturated rings. The van der Waals surface area contributed by atoms with Gasteiger partial charge in [-0.05, 0) is 63.1 Å². The fraction of sp³-hybridized carbons (Fsp3) is 0.316. The summed E-state index contributed by atoms with van der Waals surface area (Å²) in [6, 6.07) is 13.2. The summed E-state index contributed by atoms with van der Waals surface area (Å²) in [6.45, 7) is 8.24. The molecule has 1 N–H and O–H groups in total. The lowest BCUT2D eigenvalue weighted by atomic mass is 10.1. The summed E-state index contributed by atoms with van der Waals surface area (Å²) >= 11 is 0. The van der Waals surface area contributed by atoms with Crippen molar-refractivity contribution < 1.29 is 14.3 Å². The summed E-state index contributed by atoms with van der Waals surface area (Å²) in [6.07, 6.45) is -0.605. The summed E-state index contributed by atoms with van der Waals surface area (Å²) in [5, 5.41) is 2.85. The van der Waals surface area contributed by atoms with Crippen molar-refractivity contribution in [1.82, 2.24) is 0 Å². The van der Waals surface area contributed by atoms with E-state index >= 15 is 0 Å². The van der Waals surface area contributed by atoms with Gasteiger partial charge in [0.1, 0.15) is 11.5 Å². The first-order valence-corrected chi connectivity index (χ1v) is 7.78. The molecule has 0 aromatic heterocycles. The summed E-state index contributed by atoms with van der Waals surface area (Å²) in [7, 11) is 0. The molecule has 0 unspecified atom stereocenters. The van der Waals surface area contributed by atoms with Crippen molar-refractivity contribution in [3.8, 4) is 11.5 Å². The van der Waals surface area contributed by atoms with Crippen molar-refractivity contribution in [1.29, 1.82) is 0 Å². The second-order valence-corrected chi connectivity index (χ2v) is 5.42. The summed E-state index contributed by atoms with van der Waals surface area (Å²) in [5.41, 5.74) is 2.98. The third-order valence-electron chi connectivity index (χ3n) is 3.61. The molecule has 2 aromatic carbocycles. The quantitative estimate of drug-likeness (QED) is 0.873. The smallest absolute Gasteiger partial charge is 0.265 e. The molecule has 4 nitrogen and oxygen atoms in total. The Hall–Kier alpha value is -2.49. The van der Waals surface area contributed by atoms with E-state index in [1.165, 1.54) is 5.56 Å². The van der Waals surface area contributed by atoms with Crippen molar-refractivity contribution in [3.63, 3.8) is 0 Å². The molecule has 23 heavy (non-hydrogen) atoms. The Morgan fingerprint density at radius 3 is 2.57 bits per heavy atom. The summed E-state index contributed by atoms with van der Waals surface area (Å²) in [4.78, 5) is 12.3. The zero-order valence-electron chi connectivity index (χ0n) is 14.1. The van der Waals surface area contributed by atoms with Gasteiger partial charge in [-0.1, -0.05) is 18.2 Å². The van der Waals surface area contributed by atoms with Gasteiger partial charge in [-0.25, -0.2) is 0 Å². The first kappa shape index (κ1) is 16.9. The Kier molecular flexibility index (Phi) is 5.63. The van der Waals surface area contributed by atoms with Crippen molar-refractivity contribution >= 4 is 11.6 Å². The van der Waals surface area contributed by atoms with Crippen LogP contribution in [0.4, 0.5) is 5.69 Å². The molecule has 4 heteroatoms. The van der Waals surface area contributed by atoms with Gasteiger partial charge in [-0.2, -0.15) is 0 Å². The van der Waals surface area contributed by atoms with E-state index in [9.17, 15) is 4.79 Å². The Bertz CT molecular complexity index is 682. The van der Waals surface area contributed by atoms with Gasteiger partial charge in [0.2, 0.25) is 0 Å². The molecule has 0 radical (unpaired) electrons. The number of hydrogen-bond acceptors (Lipinski definition) is 3. The topological polar surface area (TPSA) is 47.6 Å². The van der Waals surface area contributed by atoms with Gasteiger partial charge in [-0.15, -0.1) is 0 Å². The predicted octanol–water partition coefficient (Wildman–Crippen LogP) is 4.11. The average molecular weight is 313 g/mol. The zero-order chi connectivity index (χ0) is 16.8. The third-order valence-corrected chi connectivity index (χ3v) is 3.61. The van der Waals surface area contributed by atoms with Crippen molar-refractivity contribution in [2.45, 2.75) is 33.8 Å². The second kappa shape index (κ2) is 7.68. The minimum Gasteiger partial charge on any atom is -0.492 e. The van der Waals surface area contributed by atoms with Gasteiger partial charge < -0.3 is 14.8 Å². The van der Waals surface area contributed by atoms with Crippen LogP contribution in [0.3, 0.4) is 0 Å². The lowest BCUT2D eigenvalue weighted by Gasteiger charge is -2.17. The average Bonchev–Trinajstić information content (AvgIpc) is 2.53. The lowest BCUT2D eigenvalue weighted by Crippen LogP contribution is -2.30. The van der Waals surface area contributed by atoms with Crippen LogP contribution < -0.4 is 14.8 Å². The molecule has 0 aliphatic rings. The Morgan fingerprint density at radius 1 is 1.13 bits per heavy atom. The number of amides is 1. The number of carbonyl (C=O) groups is 1. The lowest BCUT2D eigenvalue weighted by molar-refractivity contribution is -0.122. The molecule has 0 aliphatic heterocycles. The SMILES string of the molecule is CCOc1ccccc1NC(=O)[C@@H](C)Oc1ccc(C)c(C)c1. The number of hydrogen-bond donors (Lipinski definition) is 1. The zero-order valence-corrected chi connectivity index (χ0v) is 14.1. The number of anilines is 1. The summed E-state index contributed by atoms with van der Waals surface area (Å²) < 4.78 is 11.2. The fourth-order valence-corrected chi connectivity index (χ4v) is 2.13. The van der Waals surface area contributed by atoms with Crippen molar-refractivity contribution in [3.05, 3.63) is 53.6 Å². The third kappa shape index (κ3) is 4.49. The molecular weight excluding hydrogens is 290 g/mol. The van der Waals surface area contributed by atoms with Crippen molar-refractivity contribution in [2.24, 2.45) is 0 Å². The maximum absolute atomic E-state index is 12.3. The van der Waals surface area contributed by atoms with Crippen LogP contribution in [0, 0.1) is 13.8 Å². The van der Waals surface area contributed by atoms with E-state index in [0.717, 1.165) is 5.56 Å². The number of aryl methyl sites for hydroxylation is 2. The van der Waals surface area contributed by atoms with Crippen LogP contribution in [0.1, 0.15) is 25.0 Å². The molecule has 0 aliphatic carbocycles. The van der Waals surface area contributed by atoms with Gasteiger partial charge in [0.15, 0.2) is 6.10 Å². The van der Waals surface area contributed by atoms with Crippen LogP contribution in [0.5, 0.6) is 11.5 Å². The minimum absolute atomic E-state index is 0.213. The highest BCUT2D eigenvalue weighted by Gasteiger charge is 2.16. The molecule has 1 atom stereocenters. The predicted molar refractivity (Wildman–Crippen MR) is 92.2 cm³/mol. The molecule has 0 saturated carbocycles. The molecular formula is C19H23NO3. The first-order chi connectivity index (χ1) is 11.0. The molecule has 0 bridgehead atoms. The second-order valence-electron chi connectivity index (χ2n) is 5.42. The number of nitrogens with one attached hydrogen (secondary N) is 1. The normalized spacial score (nSPS) is 11.7. The maximum atomic E-state index is 12.3. The van der Waals surface area contributed by atoms with Gasteiger partial charge in [-0.3, -0.25) is 4.79 Å². The van der Waals surface area contributed by atoms with Crippen LogP contribution in [-0.4, -0.2) is 18.6 Å². The number of para-hydroxylation sites is 2. The van der Waals surface area contributed by atoms with Crippen molar-refractivity contribution in [2.75, 3.05) is 11.9 Å². The Labute approximate surface area is 137 Å². The number of ether oxygens (including phenoxy) is 2. The van der Waals surface area contributed by atoms with E-state index in [1.54, 1.807) is 6.92 Å². The van der Waals surface area contributed by atoms with Crippen LogP contribution >= 0.6 is 0 Å². The van der Waals surface area contributed by atoms with Crippen LogP contribution in [-0.2, 0) is 4.79 Å². The van der Waals surface area contributed by atoms with Gasteiger partial charge in [0.05, 0.1) is 12.3 Å². The van der Waals surface area contributed by atoms with Crippen LogP contribution in [0.15, 0.2) is 42.5 Å². The van der Waals surface area contributed by atoms with Crippen LogP contribution in [0.25, 0.3) is 0 Å². The molecule has 0 saturated heterocycles. The molecule has 2 aromatic rings. The van der Waals surface area contributed by atoms with E-state index in [4.69, 9.17) is 9.47 Å². The molecule has 2 rings (SSSR count). The molecule has 0 heterocycles. The molecule has 0 spiro atoms. The highest BCUT2D eigenvalue weighted by molar-refractivity contribution is 5.95. The minimum atomic E-state index is -0.605. The van der Waals surface area contributed by atoms with Gasteiger partial charge in [0.25, 0.3) is 5.91 Å². The first-order valence-electron chi connectivity index (χ1n) is 7.78. The van der Waals surface area contributed by atoms with Crippen LogP contribution in [0.2, 0.25) is 0 Å². The maximum Gasteiger partial charge on any atom is 0.265 e. The highest BCUT2D eigenvalue weighted by atomic mass is 16.5. The number of rotatable bonds is 6. The van der Waals surface area contributed by atoms with Gasteiger partial charge in [0, 0.05) is 0 Å². The van der Waals surface area contributed by atoms with E-state index in [2.05, 4.69) is 5.32 Å².